The smallest absolute Gasteiger partial charge is 0.292 e. The van der Waals surface area contributed by atoms with Crippen molar-refractivity contribution in [1.29, 1.82) is 0 Å². The minimum atomic E-state index is -0.347. The van der Waals surface area contributed by atoms with E-state index in [4.69, 9.17) is 0 Å². The van der Waals surface area contributed by atoms with Crippen LogP contribution in [0.25, 0.3) is 11.1 Å². The van der Waals surface area contributed by atoms with E-state index in [1.807, 2.05) is 18.2 Å². The Labute approximate surface area is 183 Å². The zero-order valence-electron chi connectivity index (χ0n) is 17.8. The first kappa shape index (κ1) is 23.1. The van der Waals surface area contributed by atoms with Gasteiger partial charge in [-0.3, -0.25) is 20.0 Å². The Morgan fingerprint density at radius 2 is 1.90 bits per heavy atom. The van der Waals surface area contributed by atoms with Gasteiger partial charge in [-0.2, -0.15) is 0 Å². The number of aliphatic hydroxyl groups excluding tert-OH is 2. The zero-order valence-corrected chi connectivity index (χ0v) is 17.8. The standard InChI is InChI=1S/C23H32N4O4/c28-17-20-16-21(29)9-14-26(20)13-4-2-1-3-10-25-22-6-5-19(15-23(22)27(30)31)18-7-11-24-12-8-18/h5-8,11-12,15,20-21,25,28-29H,1-4,9-10,13-14,16-17H2. The molecule has 1 aromatic heterocycles. The van der Waals surface area contributed by atoms with Crippen molar-refractivity contribution >= 4 is 11.4 Å². The maximum atomic E-state index is 11.5. The Balaban J connectivity index is 1.41. The van der Waals surface area contributed by atoms with Crippen molar-refractivity contribution in [3.05, 3.63) is 52.8 Å². The molecule has 2 unspecified atom stereocenters. The molecule has 3 N–H and O–H groups in total. The molecule has 0 spiro atoms. The topological polar surface area (TPSA) is 112 Å². The van der Waals surface area contributed by atoms with Gasteiger partial charge in [-0.1, -0.05) is 18.9 Å². The monoisotopic (exact) mass is 428 g/mol. The van der Waals surface area contributed by atoms with Crippen molar-refractivity contribution in [1.82, 2.24) is 9.88 Å². The number of likely N-dealkylation sites (tertiary alicyclic amines) is 1. The fourth-order valence-corrected chi connectivity index (χ4v) is 4.14. The lowest BCUT2D eigenvalue weighted by Gasteiger charge is -2.36. The van der Waals surface area contributed by atoms with Gasteiger partial charge in [0.25, 0.3) is 5.69 Å². The van der Waals surface area contributed by atoms with E-state index in [1.54, 1.807) is 24.5 Å². The van der Waals surface area contributed by atoms with E-state index in [0.717, 1.165) is 56.3 Å². The number of anilines is 1. The van der Waals surface area contributed by atoms with Gasteiger partial charge in [0, 0.05) is 37.6 Å². The maximum absolute atomic E-state index is 11.5. The number of aromatic nitrogens is 1. The Morgan fingerprint density at radius 1 is 1.13 bits per heavy atom. The normalized spacial score (nSPS) is 19.3. The van der Waals surface area contributed by atoms with Crippen LogP contribution in [0, 0.1) is 10.1 Å². The summed E-state index contributed by atoms with van der Waals surface area (Å²) in [4.78, 5) is 17.4. The summed E-state index contributed by atoms with van der Waals surface area (Å²) in [7, 11) is 0. The summed E-state index contributed by atoms with van der Waals surface area (Å²) in [6.07, 6.45) is 8.58. The van der Waals surface area contributed by atoms with Crippen LogP contribution in [0.2, 0.25) is 0 Å². The molecule has 0 saturated carbocycles. The summed E-state index contributed by atoms with van der Waals surface area (Å²) in [5.41, 5.74) is 2.32. The Hall–Kier alpha value is -2.55. The van der Waals surface area contributed by atoms with Gasteiger partial charge in [0.1, 0.15) is 5.69 Å². The number of piperidine rings is 1. The van der Waals surface area contributed by atoms with Crippen LogP contribution in [0.1, 0.15) is 38.5 Å². The van der Waals surface area contributed by atoms with Gasteiger partial charge < -0.3 is 15.5 Å². The van der Waals surface area contributed by atoms with Crippen LogP contribution in [0.4, 0.5) is 11.4 Å². The van der Waals surface area contributed by atoms with E-state index in [9.17, 15) is 20.3 Å². The highest BCUT2D eigenvalue weighted by atomic mass is 16.6. The predicted octanol–water partition coefficient (Wildman–Crippen LogP) is 3.45. The van der Waals surface area contributed by atoms with E-state index < -0.39 is 0 Å². The number of hydrogen-bond donors (Lipinski definition) is 3. The van der Waals surface area contributed by atoms with Gasteiger partial charge >= 0.3 is 0 Å². The van der Waals surface area contributed by atoms with Gasteiger partial charge in [-0.15, -0.1) is 0 Å². The molecule has 3 rings (SSSR count). The largest absolute Gasteiger partial charge is 0.395 e. The summed E-state index contributed by atoms with van der Waals surface area (Å²) in [6, 6.07) is 9.00. The molecule has 2 atom stereocenters. The van der Waals surface area contributed by atoms with Gasteiger partial charge in [0.05, 0.1) is 17.6 Å². The van der Waals surface area contributed by atoms with Gasteiger partial charge in [-0.05, 0) is 61.6 Å². The lowest BCUT2D eigenvalue weighted by Crippen LogP contribution is -2.46. The predicted molar refractivity (Wildman–Crippen MR) is 121 cm³/mol. The number of rotatable bonds is 11. The average molecular weight is 429 g/mol. The molecular formula is C23H32N4O4. The summed E-state index contributed by atoms with van der Waals surface area (Å²) in [5, 5.41) is 33.9. The molecule has 0 radical (unpaired) electrons. The van der Waals surface area contributed by atoms with Crippen molar-refractivity contribution < 1.29 is 15.1 Å². The summed E-state index contributed by atoms with van der Waals surface area (Å²) >= 11 is 0. The van der Waals surface area contributed by atoms with Crippen molar-refractivity contribution in [3.63, 3.8) is 0 Å². The van der Waals surface area contributed by atoms with Crippen LogP contribution >= 0.6 is 0 Å². The molecule has 2 heterocycles. The summed E-state index contributed by atoms with van der Waals surface area (Å²) in [6.45, 7) is 2.56. The molecule has 0 amide bonds. The number of unbranched alkanes of at least 4 members (excludes halogenated alkanes) is 3. The number of aliphatic hydroxyl groups is 2. The molecule has 2 aromatic rings. The highest BCUT2D eigenvalue weighted by Crippen LogP contribution is 2.30. The lowest BCUT2D eigenvalue weighted by atomic mass is 9.99. The van der Waals surface area contributed by atoms with Gasteiger partial charge in [0.2, 0.25) is 0 Å². The Bertz CT molecular complexity index is 834. The Morgan fingerprint density at radius 3 is 2.65 bits per heavy atom. The Kier molecular flexibility index (Phi) is 8.75. The highest BCUT2D eigenvalue weighted by molar-refractivity contribution is 5.73. The zero-order chi connectivity index (χ0) is 22.1. The van der Waals surface area contributed by atoms with Crippen LogP contribution in [0.15, 0.2) is 42.7 Å². The first-order chi connectivity index (χ1) is 15.1. The van der Waals surface area contributed by atoms with Crippen LogP contribution < -0.4 is 5.32 Å². The van der Waals surface area contributed by atoms with Gasteiger partial charge in [-0.25, -0.2) is 0 Å². The molecule has 1 aliphatic rings. The minimum absolute atomic E-state index is 0.0705. The maximum Gasteiger partial charge on any atom is 0.292 e. The van der Waals surface area contributed by atoms with Crippen molar-refractivity contribution in [2.24, 2.45) is 0 Å². The summed E-state index contributed by atoms with van der Waals surface area (Å²) in [5.74, 6) is 0. The summed E-state index contributed by atoms with van der Waals surface area (Å²) < 4.78 is 0. The number of hydrogen-bond acceptors (Lipinski definition) is 7. The third kappa shape index (κ3) is 6.72. The van der Waals surface area contributed by atoms with Crippen molar-refractivity contribution in [2.75, 3.05) is 31.6 Å². The first-order valence-electron chi connectivity index (χ1n) is 11.0. The SMILES string of the molecule is O=[N+]([O-])c1cc(-c2ccncc2)ccc1NCCCCCCN1CCC(O)CC1CO. The minimum Gasteiger partial charge on any atom is -0.395 e. The molecule has 8 heteroatoms. The van der Waals surface area contributed by atoms with Crippen LogP contribution in [-0.2, 0) is 0 Å². The molecule has 31 heavy (non-hydrogen) atoms. The number of nitro benzene ring substituents is 1. The van der Waals surface area contributed by atoms with E-state index in [1.165, 1.54) is 0 Å². The number of benzene rings is 1. The lowest BCUT2D eigenvalue weighted by molar-refractivity contribution is -0.383. The molecule has 168 valence electrons. The molecule has 1 saturated heterocycles. The molecular weight excluding hydrogens is 396 g/mol. The first-order valence-corrected chi connectivity index (χ1v) is 11.0. The number of pyridine rings is 1. The number of nitrogens with one attached hydrogen (secondary N) is 1. The van der Waals surface area contributed by atoms with E-state index >= 15 is 0 Å². The van der Waals surface area contributed by atoms with Crippen LogP contribution in [0.5, 0.6) is 0 Å². The average Bonchev–Trinajstić information content (AvgIpc) is 2.79. The quantitative estimate of drug-likeness (QED) is 0.285. The van der Waals surface area contributed by atoms with Gasteiger partial charge in [0.15, 0.2) is 0 Å². The molecule has 1 fully saturated rings. The van der Waals surface area contributed by atoms with E-state index in [-0.39, 0.29) is 29.4 Å². The molecule has 1 aliphatic heterocycles. The number of nitrogens with zero attached hydrogens (tertiary/aromatic N) is 3. The molecule has 1 aromatic carbocycles. The van der Waals surface area contributed by atoms with Crippen LogP contribution in [-0.4, -0.2) is 63.4 Å². The van der Waals surface area contributed by atoms with Crippen molar-refractivity contribution in [2.45, 2.75) is 50.7 Å². The molecule has 0 bridgehead atoms. The second-order valence-electron chi connectivity index (χ2n) is 8.12. The van der Waals surface area contributed by atoms with E-state index in [2.05, 4.69) is 15.2 Å². The third-order valence-corrected chi connectivity index (χ3v) is 5.92. The van der Waals surface area contributed by atoms with Crippen molar-refractivity contribution in [3.8, 4) is 11.1 Å². The third-order valence-electron chi connectivity index (χ3n) is 5.92. The highest BCUT2D eigenvalue weighted by Gasteiger charge is 2.26. The second kappa shape index (κ2) is 11.7. The second-order valence-corrected chi connectivity index (χ2v) is 8.12. The fourth-order valence-electron chi connectivity index (χ4n) is 4.14. The molecule has 0 aliphatic carbocycles. The number of nitro groups is 1. The fraction of sp³-hybridized carbons (Fsp3) is 0.522. The molecule has 8 nitrogen and oxygen atoms in total. The van der Waals surface area contributed by atoms with E-state index in [0.29, 0.717) is 18.7 Å². The van der Waals surface area contributed by atoms with Crippen LogP contribution in [0.3, 0.4) is 0 Å².